The van der Waals surface area contributed by atoms with Crippen LogP contribution in [0.2, 0.25) is 0 Å². The van der Waals surface area contributed by atoms with Gasteiger partial charge in [0.25, 0.3) is 15.9 Å². The standard InChI is InChI=1S/C25H26N2O6S/c1-17(21-6-4-5-7-22(21)31-3)27(2)25(28)18-8-10-19(11-9-18)26-34(29,30)20-12-13-23-24(16-20)33-15-14-32-23/h4-13,16-17,26H,14-15H2,1-3H3. The van der Waals surface area contributed by atoms with Crippen molar-refractivity contribution in [2.24, 2.45) is 0 Å². The van der Waals surface area contributed by atoms with E-state index >= 15 is 0 Å². The predicted molar refractivity (Wildman–Crippen MR) is 128 cm³/mol. The zero-order valence-corrected chi connectivity index (χ0v) is 20.0. The number of benzene rings is 3. The molecule has 9 heteroatoms. The molecule has 0 saturated carbocycles. The van der Waals surface area contributed by atoms with Gasteiger partial charge in [0.1, 0.15) is 19.0 Å². The Morgan fingerprint density at radius 2 is 1.68 bits per heavy atom. The second-order valence-corrected chi connectivity index (χ2v) is 9.50. The number of sulfonamides is 1. The highest BCUT2D eigenvalue weighted by Crippen LogP contribution is 2.33. The molecule has 8 nitrogen and oxygen atoms in total. The summed E-state index contributed by atoms with van der Waals surface area (Å²) in [5.41, 5.74) is 1.67. The zero-order valence-electron chi connectivity index (χ0n) is 19.1. The van der Waals surface area contributed by atoms with Crippen LogP contribution < -0.4 is 18.9 Å². The molecule has 1 unspecified atom stereocenters. The lowest BCUT2D eigenvalue weighted by Crippen LogP contribution is -2.29. The number of ether oxygens (including phenoxy) is 3. The average molecular weight is 483 g/mol. The van der Waals surface area contributed by atoms with Crippen molar-refractivity contribution in [2.45, 2.75) is 17.9 Å². The van der Waals surface area contributed by atoms with E-state index in [-0.39, 0.29) is 16.8 Å². The van der Waals surface area contributed by atoms with Crippen molar-refractivity contribution in [1.82, 2.24) is 4.90 Å². The first-order valence-corrected chi connectivity index (χ1v) is 12.2. The van der Waals surface area contributed by atoms with Crippen molar-refractivity contribution in [3.63, 3.8) is 0 Å². The van der Waals surface area contributed by atoms with Crippen LogP contribution in [0.15, 0.2) is 71.6 Å². The molecular formula is C25H26N2O6S. The molecule has 4 rings (SSSR count). The maximum Gasteiger partial charge on any atom is 0.262 e. The SMILES string of the molecule is COc1ccccc1C(C)N(C)C(=O)c1ccc(NS(=O)(=O)c2ccc3c(c2)OCCO3)cc1. The molecule has 3 aromatic rings. The van der Waals surface area contributed by atoms with Crippen LogP contribution >= 0.6 is 0 Å². The number of nitrogens with zero attached hydrogens (tertiary/aromatic N) is 1. The van der Waals surface area contributed by atoms with E-state index in [1.54, 1.807) is 49.4 Å². The summed E-state index contributed by atoms with van der Waals surface area (Å²) in [5.74, 6) is 1.42. The van der Waals surface area contributed by atoms with Gasteiger partial charge in [-0.05, 0) is 49.4 Å². The van der Waals surface area contributed by atoms with Crippen LogP contribution in [-0.2, 0) is 10.0 Å². The summed E-state index contributed by atoms with van der Waals surface area (Å²) in [7, 11) is -0.533. The van der Waals surface area contributed by atoms with Gasteiger partial charge in [0.2, 0.25) is 0 Å². The zero-order chi connectivity index (χ0) is 24.3. The van der Waals surface area contributed by atoms with Crippen molar-refractivity contribution in [3.8, 4) is 17.2 Å². The monoisotopic (exact) mass is 482 g/mol. The number of fused-ring (bicyclic) bond motifs is 1. The van der Waals surface area contributed by atoms with Gasteiger partial charge in [0, 0.05) is 29.9 Å². The van der Waals surface area contributed by atoms with Crippen molar-refractivity contribution in [3.05, 3.63) is 77.9 Å². The Morgan fingerprint density at radius 1 is 1.00 bits per heavy atom. The van der Waals surface area contributed by atoms with Crippen molar-refractivity contribution in [2.75, 3.05) is 32.1 Å². The minimum Gasteiger partial charge on any atom is -0.496 e. The Bertz CT molecular complexity index is 1290. The summed E-state index contributed by atoms with van der Waals surface area (Å²) in [6.07, 6.45) is 0. The molecule has 0 fully saturated rings. The van der Waals surface area contributed by atoms with Crippen molar-refractivity contribution < 1.29 is 27.4 Å². The van der Waals surface area contributed by atoms with Crippen LogP contribution in [0.5, 0.6) is 17.2 Å². The molecule has 0 spiro atoms. The number of amides is 1. The fourth-order valence-electron chi connectivity index (χ4n) is 3.69. The van der Waals surface area contributed by atoms with Crippen LogP contribution in [0.4, 0.5) is 5.69 Å². The molecule has 1 aliphatic heterocycles. The summed E-state index contributed by atoms with van der Waals surface area (Å²) in [6.45, 7) is 2.71. The van der Waals surface area contributed by atoms with E-state index in [1.807, 2.05) is 31.2 Å². The summed E-state index contributed by atoms with van der Waals surface area (Å²) < 4.78 is 44.5. The van der Waals surface area contributed by atoms with Gasteiger partial charge in [0.05, 0.1) is 18.0 Å². The van der Waals surface area contributed by atoms with Crippen LogP contribution in [0.3, 0.4) is 0 Å². The highest BCUT2D eigenvalue weighted by atomic mass is 32.2. The van der Waals surface area contributed by atoms with E-state index in [9.17, 15) is 13.2 Å². The molecule has 34 heavy (non-hydrogen) atoms. The van der Waals surface area contributed by atoms with Gasteiger partial charge in [-0.1, -0.05) is 18.2 Å². The molecule has 0 aromatic heterocycles. The minimum atomic E-state index is -3.85. The normalized spacial score (nSPS) is 13.6. The highest BCUT2D eigenvalue weighted by molar-refractivity contribution is 7.92. The number of hydrogen-bond donors (Lipinski definition) is 1. The van der Waals surface area contributed by atoms with Crippen LogP contribution in [0.1, 0.15) is 28.9 Å². The Morgan fingerprint density at radius 3 is 2.38 bits per heavy atom. The van der Waals surface area contributed by atoms with E-state index in [2.05, 4.69) is 4.72 Å². The quantitative estimate of drug-likeness (QED) is 0.545. The molecule has 0 bridgehead atoms. The lowest BCUT2D eigenvalue weighted by molar-refractivity contribution is 0.0741. The number of nitrogens with one attached hydrogen (secondary N) is 1. The first-order valence-electron chi connectivity index (χ1n) is 10.7. The van der Waals surface area contributed by atoms with E-state index < -0.39 is 10.0 Å². The van der Waals surface area contributed by atoms with Gasteiger partial charge in [0.15, 0.2) is 11.5 Å². The second-order valence-electron chi connectivity index (χ2n) is 7.82. The topological polar surface area (TPSA) is 94.2 Å². The van der Waals surface area contributed by atoms with E-state index in [4.69, 9.17) is 14.2 Å². The minimum absolute atomic E-state index is 0.0577. The lowest BCUT2D eigenvalue weighted by atomic mass is 10.0. The third-order valence-corrected chi connectivity index (χ3v) is 7.08. The predicted octanol–water partition coefficient (Wildman–Crippen LogP) is 4.10. The average Bonchev–Trinajstić information content (AvgIpc) is 2.87. The fourth-order valence-corrected chi connectivity index (χ4v) is 4.76. The molecular weight excluding hydrogens is 456 g/mol. The van der Waals surface area contributed by atoms with E-state index in [0.717, 1.165) is 5.56 Å². The molecule has 1 N–H and O–H groups in total. The number of hydrogen-bond acceptors (Lipinski definition) is 6. The van der Waals surface area contributed by atoms with Crippen molar-refractivity contribution in [1.29, 1.82) is 0 Å². The Kier molecular flexibility index (Phi) is 6.65. The molecule has 3 aromatic carbocycles. The second kappa shape index (κ2) is 9.64. The molecule has 0 aliphatic carbocycles. The Balaban J connectivity index is 1.47. The largest absolute Gasteiger partial charge is 0.496 e. The third-order valence-electron chi connectivity index (χ3n) is 5.70. The number of carbonyl (C=O) groups excluding carboxylic acids is 1. The summed E-state index contributed by atoms with van der Waals surface area (Å²) in [5, 5.41) is 0. The first-order chi connectivity index (χ1) is 16.3. The number of carbonyl (C=O) groups is 1. The summed E-state index contributed by atoms with van der Waals surface area (Å²) in [4.78, 5) is 14.7. The number of methoxy groups -OCH3 is 1. The summed E-state index contributed by atoms with van der Waals surface area (Å²) >= 11 is 0. The van der Waals surface area contributed by atoms with E-state index in [0.29, 0.717) is 41.7 Å². The molecule has 0 saturated heterocycles. The molecule has 178 valence electrons. The van der Waals surface area contributed by atoms with Gasteiger partial charge in [-0.15, -0.1) is 0 Å². The first kappa shape index (κ1) is 23.4. The smallest absolute Gasteiger partial charge is 0.262 e. The van der Waals surface area contributed by atoms with Gasteiger partial charge >= 0.3 is 0 Å². The van der Waals surface area contributed by atoms with E-state index in [1.165, 1.54) is 12.1 Å². The van der Waals surface area contributed by atoms with Gasteiger partial charge < -0.3 is 19.1 Å². The third kappa shape index (κ3) is 4.79. The molecule has 1 heterocycles. The Hall–Kier alpha value is -3.72. The van der Waals surface area contributed by atoms with Gasteiger partial charge in [-0.3, -0.25) is 9.52 Å². The highest BCUT2D eigenvalue weighted by Gasteiger charge is 2.22. The summed E-state index contributed by atoms with van der Waals surface area (Å²) in [6, 6.07) is 18.1. The lowest BCUT2D eigenvalue weighted by Gasteiger charge is -2.26. The van der Waals surface area contributed by atoms with Gasteiger partial charge in [-0.2, -0.15) is 0 Å². The number of para-hydroxylation sites is 1. The van der Waals surface area contributed by atoms with Crippen LogP contribution in [-0.4, -0.2) is 46.6 Å². The Labute approximate surface area is 199 Å². The molecule has 1 aliphatic rings. The maximum atomic E-state index is 13.0. The molecule has 0 radical (unpaired) electrons. The molecule has 1 atom stereocenters. The van der Waals surface area contributed by atoms with Crippen LogP contribution in [0, 0.1) is 0 Å². The molecule has 1 amide bonds. The van der Waals surface area contributed by atoms with Gasteiger partial charge in [-0.25, -0.2) is 8.42 Å². The van der Waals surface area contributed by atoms with Crippen molar-refractivity contribution >= 4 is 21.6 Å². The van der Waals surface area contributed by atoms with Crippen LogP contribution in [0.25, 0.3) is 0 Å². The number of anilines is 1. The number of rotatable bonds is 7. The maximum absolute atomic E-state index is 13.0. The fraction of sp³-hybridized carbons (Fsp3) is 0.240.